The molecule has 2 rings (SSSR count). The van der Waals surface area contributed by atoms with E-state index in [-0.39, 0.29) is 11.8 Å². The molecule has 2 aromatic carbocycles. The molecular formula is C23H30N2O2S. The molecule has 0 aliphatic rings. The predicted molar refractivity (Wildman–Crippen MR) is 117 cm³/mol. The fourth-order valence-corrected chi connectivity index (χ4v) is 3.94. The SMILES string of the molecule is CC[C@@H](C(=O)NC)N(Cc1ccc(C)cc1)C(=O)CCSCc1ccccc1. The van der Waals surface area contributed by atoms with Crippen LogP contribution in [-0.2, 0) is 21.9 Å². The Labute approximate surface area is 172 Å². The van der Waals surface area contributed by atoms with Gasteiger partial charge in [-0.1, -0.05) is 67.1 Å². The van der Waals surface area contributed by atoms with Gasteiger partial charge in [0, 0.05) is 31.5 Å². The quantitative estimate of drug-likeness (QED) is 0.611. The summed E-state index contributed by atoms with van der Waals surface area (Å²) in [5.41, 5.74) is 3.48. The first-order valence-corrected chi connectivity index (χ1v) is 10.9. The number of carbonyl (C=O) groups is 2. The fraction of sp³-hybridized carbons (Fsp3) is 0.391. The summed E-state index contributed by atoms with van der Waals surface area (Å²) in [6.07, 6.45) is 1.02. The molecule has 0 bridgehead atoms. The van der Waals surface area contributed by atoms with Crippen molar-refractivity contribution in [2.75, 3.05) is 12.8 Å². The van der Waals surface area contributed by atoms with Gasteiger partial charge in [-0.05, 0) is 24.5 Å². The third-order valence-electron chi connectivity index (χ3n) is 4.68. The van der Waals surface area contributed by atoms with Crippen LogP contribution in [0, 0.1) is 6.92 Å². The van der Waals surface area contributed by atoms with Gasteiger partial charge in [0.25, 0.3) is 0 Å². The predicted octanol–water partition coefficient (Wildman–Crippen LogP) is 4.17. The van der Waals surface area contributed by atoms with Gasteiger partial charge in [0.2, 0.25) is 11.8 Å². The van der Waals surface area contributed by atoms with E-state index < -0.39 is 6.04 Å². The average Bonchev–Trinajstić information content (AvgIpc) is 2.72. The maximum absolute atomic E-state index is 13.0. The Kier molecular flexibility index (Phi) is 9.08. The van der Waals surface area contributed by atoms with Crippen molar-refractivity contribution in [3.63, 3.8) is 0 Å². The first kappa shape index (κ1) is 22.0. The molecule has 0 fully saturated rings. The van der Waals surface area contributed by atoms with Crippen molar-refractivity contribution in [1.82, 2.24) is 10.2 Å². The van der Waals surface area contributed by atoms with Crippen LogP contribution >= 0.6 is 11.8 Å². The van der Waals surface area contributed by atoms with Crippen molar-refractivity contribution in [3.8, 4) is 0 Å². The Morgan fingerprint density at radius 1 is 1.04 bits per heavy atom. The highest BCUT2D eigenvalue weighted by molar-refractivity contribution is 7.98. The number of likely N-dealkylation sites (N-methyl/N-ethyl adjacent to an activating group) is 1. The monoisotopic (exact) mass is 398 g/mol. The minimum atomic E-state index is -0.446. The Morgan fingerprint density at radius 2 is 1.71 bits per heavy atom. The molecule has 0 aromatic heterocycles. The van der Waals surface area contributed by atoms with E-state index in [1.807, 2.05) is 56.3 Å². The molecule has 2 aromatic rings. The Bertz CT molecular complexity index is 747. The molecule has 150 valence electrons. The minimum Gasteiger partial charge on any atom is -0.357 e. The molecule has 0 unspecified atom stereocenters. The molecule has 1 atom stereocenters. The molecule has 0 aliphatic heterocycles. The van der Waals surface area contributed by atoms with Crippen LogP contribution in [0.2, 0.25) is 0 Å². The summed E-state index contributed by atoms with van der Waals surface area (Å²) >= 11 is 1.75. The van der Waals surface area contributed by atoms with Crippen LogP contribution in [-0.4, -0.2) is 35.6 Å². The summed E-state index contributed by atoms with van der Waals surface area (Å²) in [6.45, 7) is 4.43. The highest BCUT2D eigenvalue weighted by Gasteiger charge is 2.27. The Balaban J connectivity index is 2.00. The second-order valence-corrected chi connectivity index (χ2v) is 7.94. The lowest BCUT2D eigenvalue weighted by atomic mass is 10.1. The van der Waals surface area contributed by atoms with Gasteiger partial charge in [0.1, 0.15) is 6.04 Å². The molecule has 0 spiro atoms. The largest absolute Gasteiger partial charge is 0.357 e. The zero-order valence-corrected chi connectivity index (χ0v) is 17.8. The summed E-state index contributed by atoms with van der Waals surface area (Å²) in [4.78, 5) is 27.0. The summed E-state index contributed by atoms with van der Waals surface area (Å²) in [7, 11) is 1.62. The molecule has 28 heavy (non-hydrogen) atoms. The van der Waals surface area contributed by atoms with Crippen molar-refractivity contribution >= 4 is 23.6 Å². The molecule has 0 saturated heterocycles. The summed E-state index contributed by atoms with van der Waals surface area (Å²) in [5.74, 6) is 1.54. The molecule has 1 N–H and O–H groups in total. The van der Waals surface area contributed by atoms with Crippen molar-refractivity contribution < 1.29 is 9.59 Å². The third-order valence-corrected chi connectivity index (χ3v) is 5.71. The van der Waals surface area contributed by atoms with E-state index in [1.54, 1.807) is 23.7 Å². The number of carbonyl (C=O) groups excluding carboxylic acids is 2. The topological polar surface area (TPSA) is 49.4 Å². The maximum atomic E-state index is 13.0. The Hall–Kier alpha value is -2.27. The van der Waals surface area contributed by atoms with Crippen molar-refractivity contribution in [3.05, 3.63) is 71.3 Å². The summed E-state index contributed by atoms with van der Waals surface area (Å²) < 4.78 is 0. The van der Waals surface area contributed by atoms with Crippen molar-refractivity contribution in [1.29, 1.82) is 0 Å². The number of nitrogens with one attached hydrogen (secondary N) is 1. The van der Waals surface area contributed by atoms with Crippen LogP contribution in [0.15, 0.2) is 54.6 Å². The molecule has 0 heterocycles. The number of nitrogens with zero attached hydrogens (tertiary/aromatic N) is 1. The highest BCUT2D eigenvalue weighted by atomic mass is 32.2. The lowest BCUT2D eigenvalue weighted by Crippen LogP contribution is -2.48. The van der Waals surface area contributed by atoms with Gasteiger partial charge in [0.15, 0.2) is 0 Å². The maximum Gasteiger partial charge on any atom is 0.242 e. The standard InChI is InChI=1S/C23H30N2O2S/c1-4-21(23(27)24-3)25(16-19-12-10-18(2)11-13-19)22(26)14-15-28-17-20-8-6-5-7-9-20/h5-13,21H,4,14-17H2,1-3H3,(H,24,27)/t21-/m0/s1. The van der Waals surface area contributed by atoms with Gasteiger partial charge < -0.3 is 10.2 Å². The molecule has 0 radical (unpaired) electrons. The van der Waals surface area contributed by atoms with Crippen LogP contribution in [0.5, 0.6) is 0 Å². The number of hydrogen-bond donors (Lipinski definition) is 1. The number of benzene rings is 2. The number of rotatable bonds is 10. The van der Waals surface area contributed by atoms with E-state index in [0.717, 1.165) is 17.1 Å². The lowest BCUT2D eigenvalue weighted by Gasteiger charge is -2.30. The molecule has 0 aliphatic carbocycles. The van der Waals surface area contributed by atoms with Crippen LogP contribution in [0.4, 0.5) is 0 Å². The normalized spacial score (nSPS) is 11.7. The van der Waals surface area contributed by atoms with Crippen LogP contribution in [0.25, 0.3) is 0 Å². The number of amides is 2. The van der Waals surface area contributed by atoms with Gasteiger partial charge in [-0.25, -0.2) is 0 Å². The van der Waals surface area contributed by atoms with Gasteiger partial charge in [-0.15, -0.1) is 0 Å². The van der Waals surface area contributed by atoms with Crippen LogP contribution < -0.4 is 5.32 Å². The molecule has 5 heteroatoms. The smallest absolute Gasteiger partial charge is 0.242 e. The minimum absolute atomic E-state index is 0.0246. The fourth-order valence-electron chi connectivity index (χ4n) is 3.04. The van der Waals surface area contributed by atoms with E-state index in [9.17, 15) is 9.59 Å². The summed E-state index contributed by atoms with van der Waals surface area (Å²) in [6, 6.07) is 17.9. The second-order valence-electron chi connectivity index (χ2n) is 6.83. The molecule has 4 nitrogen and oxygen atoms in total. The molecule has 0 saturated carbocycles. The van der Waals surface area contributed by atoms with E-state index in [1.165, 1.54) is 11.1 Å². The zero-order chi connectivity index (χ0) is 20.4. The first-order valence-electron chi connectivity index (χ1n) is 9.73. The van der Waals surface area contributed by atoms with Crippen molar-refractivity contribution in [2.45, 2.75) is 45.0 Å². The van der Waals surface area contributed by atoms with Crippen LogP contribution in [0.3, 0.4) is 0 Å². The van der Waals surface area contributed by atoms with E-state index >= 15 is 0 Å². The van der Waals surface area contributed by atoms with Gasteiger partial charge in [-0.3, -0.25) is 9.59 Å². The molecule has 2 amide bonds. The van der Waals surface area contributed by atoms with Gasteiger partial charge in [-0.2, -0.15) is 11.8 Å². The van der Waals surface area contributed by atoms with E-state index in [0.29, 0.717) is 19.4 Å². The summed E-state index contributed by atoms with van der Waals surface area (Å²) in [5, 5.41) is 2.70. The number of hydrogen-bond acceptors (Lipinski definition) is 3. The van der Waals surface area contributed by atoms with Crippen LogP contribution in [0.1, 0.15) is 36.5 Å². The Morgan fingerprint density at radius 3 is 2.32 bits per heavy atom. The van der Waals surface area contributed by atoms with Gasteiger partial charge in [0.05, 0.1) is 0 Å². The average molecular weight is 399 g/mol. The van der Waals surface area contributed by atoms with Crippen molar-refractivity contribution in [2.24, 2.45) is 0 Å². The van der Waals surface area contributed by atoms with Gasteiger partial charge >= 0.3 is 0 Å². The molecular weight excluding hydrogens is 368 g/mol. The second kappa shape index (κ2) is 11.5. The number of thioether (sulfide) groups is 1. The highest BCUT2D eigenvalue weighted by Crippen LogP contribution is 2.17. The zero-order valence-electron chi connectivity index (χ0n) is 17.0. The number of aryl methyl sites for hydroxylation is 1. The first-order chi connectivity index (χ1) is 13.5. The van der Waals surface area contributed by atoms with E-state index in [4.69, 9.17) is 0 Å². The lowest BCUT2D eigenvalue weighted by molar-refractivity contribution is -0.140. The third kappa shape index (κ3) is 6.71. The van der Waals surface area contributed by atoms with E-state index in [2.05, 4.69) is 17.4 Å².